The van der Waals surface area contributed by atoms with E-state index in [0.717, 1.165) is 42.4 Å². The molecule has 1 saturated carbocycles. The number of aromatic nitrogens is 1. The Morgan fingerprint density at radius 2 is 2.00 bits per heavy atom. The van der Waals surface area contributed by atoms with Crippen molar-refractivity contribution in [1.82, 2.24) is 10.3 Å². The lowest BCUT2D eigenvalue weighted by molar-refractivity contribution is 0.0502. The maximum atomic E-state index is 10.3. The zero-order valence-electron chi connectivity index (χ0n) is 15.3. The van der Waals surface area contributed by atoms with E-state index in [1.54, 1.807) is 11.3 Å². The Labute approximate surface area is 154 Å². The zero-order valence-corrected chi connectivity index (χ0v) is 16.1. The third kappa shape index (κ3) is 4.81. The number of aliphatic hydroxyl groups excluding tert-OH is 1. The van der Waals surface area contributed by atoms with Crippen LogP contribution in [-0.2, 0) is 13.2 Å². The smallest absolute Gasteiger partial charge is 0.131 e. The van der Waals surface area contributed by atoms with Crippen LogP contribution in [-0.4, -0.2) is 22.7 Å². The number of benzene rings is 1. The maximum absolute atomic E-state index is 10.3. The van der Waals surface area contributed by atoms with Crippen LogP contribution in [0.2, 0.25) is 0 Å². The van der Waals surface area contributed by atoms with Crippen molar-refractivity contribution in [3.63, 3.8) is 0 Å². The second-order valence-electron chi connectivity index (χ2n) is 7.45. The van der Waals surface area contributed by atoms with Crippen molar-refractivity contribution in [2.75, 3.05) is 6.54 Å². The fourth-order valence-corrected chi connectivity index (χ4v) is 3.83. The number of ether oxygens (including phenoxy) is 1. The molecule has 0 unspecified atom stereocenters. The molecule has 1 aromatic heterocycles. The van der Waals surface area contributed by atoms with Gasteiger partial charge in [0, 0.05) is 23.9 Å². The molecule has 0 bridgehead atoms. The van der Waals surface area contributed by atoms with Crippen LogP contribution in [0.15, 0.2) is 29.6 Å². The summed E-state index contributed by atoms with van der Waals surface area (Å²) in [4.78, 5) is 4.40. The predicted octanol–water partition coefficient (Wildman–Crippen LogP) is 3.92. The summed E-state index contributed by atoms with van der Waals surface area (Å²) in [5, 5.41) is 17.0. The van der Waals surface area contributed by atoms with Crippen LogP contribution in [0.4, 0.5) is 0 Å². The number of nitrogens with one attached hydrogen (secondary N) is 1. The number of rotatable bonds is 9. The van der Waals surface area contributed by atoms with Crippen LogP contribution in [0.1, 0.15) is 43.0 Å². The van der Waals surface area contributed by atoms with Gasteiger partial charge in [-0.25, -0.2) is 4.98 Å². The zero-order chi connectivity index (χ0) is 17.9. The van der Waals surface area contributed by atoms with E-state index < -0.39 is 0 Å². The van der Waals surface area contributed by atoms with Crippen molar-refractivity contribution < 1.29 is 9.84 Å². The van der Waals surface area contributed by atoms with E-state index in [0.29, 0.717) is 12.5 Å². The molecule has 0 saturated heterocycles. The van der Waals surface area contributed by atoms with E-state index in [1.165, 1.54) is 5.56 Å². The largest absolute Gasteiger partial charge is 0.487 e. The van der Waals surface area contributed by atoms with Gasteiger partial charge in [-0.05, 0) is 43.4 Å². The molecule has 0 aliphatic heterocycles. The van der Waals surface area contributed by atoms with Crippen LogP contribution < -0.4 is 10.1 Å². The highest BCUT2D eigenvalue weighted by atomic mass is 32.1. The fourth-order valence-electron chi connectivity index (χ4n) is 3.24. The summed E-state index contributed by atoms with van der Waals surface area (Å²) < 4.78 is 5.78. The first-order valence-electron chi connectivity index (χ1n) is 9.00. The van der Waals surface area contributed by atoms with Crippen LogP contribution in [0.3, 0.4) is 0 Å². The van der Waals surface area contributed by atoms with E-state index in [1.807, 2.05) is 24.4 Å². The number of aliphatic hydroxyl groups is 1. The highest BCUT2D eigenvalue weighted by Gasteiger charge is 2.49. The summed E-state index contributed by atoms with van der Waals surface area (Å²) in [6, 6.07) is 8.19. The molecule has 136 valence electrons. The maximum Gasteiger partial charge on any atom is 0.131 e. The van der Waals surface area contributed by atoms with Crippen LogP contribution >= 0.6 is 11.3 Å². The van der Waals surface area contributed by atoms with Gasteiger partial charge in [-0.15, -0.1) is 11.3 Å². The Hall–Kier alpha value is -1.43. The topological polar surface area (TPSA) is 54.4 Å². The number of hydrogen-bond donors (Lipinski definition) is 2. The van der Waals surface area contributed by atoms with Gasteiger partial charge in [0.1, 0.15) is 12.4 Å². The standard InChI is InChI=1S/C20H28N2O2S/c1-14(2)19(23)20(8-9-20)13-21-10-16-4-6-18(7-5-16)24-11-17-12-25-15(3)22-17/h4-7,12,14,19,21,23H,8-11,13H2,1-3H3/t19-/m0/s1. The monoisotopic (exact) mass is 360 g/mol. The summed E-state index contributed by atoms with van der Waals surface area (Å²) in [6.45, 7) is 8.40. The number of hydrogen-bond acceptors (Lipinski definition) is 5. The van der Waals surface area contributed by atoms with Crippen molar-refractivity contribution in [2.45, 2.75) is 52.9 Å². The first-order chi connectivity index (χ1) is 12.0. The third-order valence-electron chi connectivity index (χ3n) is 4.93. The van der Waals surface area contributed by atoms with Crippen LogP contribution in [0, 0.1) is 18.3 Å². The van der Waals surface area contributed by atoms with E-state index in [2.05, 4.69) is 36.3 Å². The van der Waals surface area contributed by atoms with Crippen molar-refractivity contribution in [3.05, 3.63) is 45.9 Å². The summed E-state index contributed by atoms with van der Waals surface area (Å²) in [7, 11) is 0. The Morgan fingerprint density at radius 3 is 2.56 bits per heavy atom. The van der Waals surface area contributed by atoms with Crippen molar-refractivity contribution in [1.29, 1.82) is 0 Å². The molecule has 1 atom stereocenters. The third-order valence-corrected chi connectivity index (χ3v) is 5.76. The molecular weight excluding hydrogens is 332 g/mol. The summed E-state index contributed by atoms with van der Waals surface area (Å²) in [5.74, 6) is 1.19. The molecule has 5 heteroatoms. The molecule has 2 N–H and O–H groups in total. The van der Waals surface area contributed by atoms with Gasteiger partial charge in [-0.2, -0.15) is 0 Å². The second kappa shape index (κ2) is 7.85. The van der Waals surface area contributed by atoms with E-state index >= 15 is 0 Å². The van der Waals surface area contributed by atoms with Gasteiger partial charge < -0.3 is 15.2 Å². The predicted molar refractivity (Wildman–Crippen MR) is 102 cm³/mol. The lowest BCUT2D eigenvalue weighted by atomic mass is 9.90. The number of thiazole rings is 1. The molecule has 1 fully saturated rings. The molecule has 1 heterocycles. The molecule has 3 rings (SSSR count). The minimum Gasteiger partial charge on any atom is -0.487 e. The molecule has 2 aromatic rings. The molecule has 0 spiro atoms. The lowest BCUT2D eigenvalue weighted by Gasteiger charge is -2.25. The molecule has 0 amide bonds. The Bertz CT molecular complexity index is 677. The number of aryl methyl sites for hydroxylation is 1. The first kappa shape index (κ1) is 18.4. The quantitative estimate of drug-likeness (QED) is 0.712. The Balaban J connectivity index is 1.43. The fraction of sp³-hybridized carbons (Fsp3) is 0.550. The molecule has 25 heavy (non-hydrogen) atoms. The van der Waals surface area contributed by atoms with Crippen LogP contribution in [0.5, 0.6) is 5.75 Å². The molecule has 1 aliphatic carbocycles. The minimum absolute atomic E-state index is 0.100. The Kier molecular flexibility index (Phi) is 5.77. The summed E-state index contributed by atoms with van der Waals surface area (Å²) >= 11 is 1.64. The average molecular weight is 361 g/mol. The Morgan fingerprint density at radius 1 is 1.28 bits per heavy atom. The van der Waals surface area contributed by atoms with Gasteiger partial charge in [0.05, 0.1) is 16.8 Å². The molecule has 1 aliphatic rings. The van der Waals surface area contributed by atoms with E-state index in [9.17, 15) is 5.11 Å². The SMILES string of the molecule is Cc1nc(COc2ccc(CNCC3([C@@H](O)C(C)C)CC3)cc2)cs1. The average Bonchev–Trinajstić information content (AvgIpc) is 3.27. The minimum atomic E-state index is -0.204. The van der Waals surface area contributed by atoms with Gasteiger partial charge >= 0.3 is 0 Å². The highest BCUT2D eigenvalue weighted by Crippen LogP contribution is 2.50. The normalized spacial score (nSPS) is 16.8. The van der Waals surface area contributed by atoms with E-state index in [-0.39, 0.29) is 11.5 Å². The van der Waals surface area contributed by atoms with Gasteiger partial charge in [-0.1, -0.05) is 26.0 Å². The molecular formula is C20H28N2O2S. The van der Waals surface area contributed by atoms with Crippen molar-refractivity contribution >= 4 is 11.3 Å². The van der Waals surface area contributed by atoms with Gasteiger partial charge in [0.15, 0.2) is 0 Å². The van der Waals surface area contributed by atoms with Gasteiger partial charge in [0.25, 0.3) is 0 Å². The van der Waals surface area contributed by atoms with Crippen molar-refractivity contribution in [3.8, 4) is 5.75 Å². The molecule has 1 aromatic carbocycles. The van der Waals surface area contributed by atoms with E-state index in [4.69, 9.17) is 4.74 Å². The van der Waals surface area contributed by atoms with Gasteiger partial charge in [-0.3, -0.25) is 0 Å². The number of nitrogens with zero attached hydrogens (tertiary/aromatic N) is 1. The second-order valence-corrected chi connectivity index (χ2v) is 8.51. The van der Waals surface area contributed by atoms with Gasteiger partial charge in [0.2, 0.25) is 0 Å². The van der Waals surface area contributed by atoms with Crippen LogP contribution in [0.25, 0.3) is 0 Å². The first-order valence-corrected chi connectivity index (χ1v) is 9.88. The molecule has 0 radical (unpaired) electrons. The molecule has 4 nitrogen and oxygen atoms in total. The summed E-state index contributed by atoms with van der Waals surface area (Å²) in [6.07, 6.45) is 2.05. The summed E-state index contributed by atoms with van der Waals surface area (Å²) in [5.41, 5.74) is 2.31. The lowest BCUT2D eigenvalue weighted by Crippen LogP contribution is -2.36. The van der Waals surface area contributed by atoms with Crippen molar-refractivity contribution in [2.24, 2.45) is 11.3 Å². The highest BCUT2D eigenvalue weighted by molar-refractivity contribution is 7.09.